The van der Waals surface area contributed by atoms with E-state index < -0.39 is 39.1 Å². The molecule has 27 heavy (non-hydrogen) atoms. The highest BCUT2D eigenvalue weighted by atomic mass is 32.2. The average Bonchev–Trinajstić information content (AvgIpc) is 3.44. The van der Waals surface area contributed by atoms with Crippen LogP contribution in [0.1, 0.15) is 24.8 Å². The van der Waals surface area contributed by atoms with E-state index in [1.54, 1.807) is 12.1 Å². The van der Waals surface area contributed by atoms with Gasteiger partial charge in [-0.2, -0.15) is 0 Å². The molecule has 2 aromatic rings. The summed E-state index contributed by atoms with van der Waals surface area (Å²) in [6.07, 6.45) is 1.91. The Morgan fingerprint density at radius 1 is 1.00 bits per heavy atom. The lowest BCUT2D eigenvalue weighted by Gasteiger charge is -2.08. The van der Waals surface area contributed by atoms with Gasteiger partial charge < -0.3 is 5.32 Å². The normalized spacial score (nSPS) is 14.2. The first kappa shape index (κ1) is 19.4. The van der Waals surface area contributed by atoms with Gasteiger partial charge in [0.2, 0.25) is 15.9 Å². The van der Waals surface area contributed by atoms with E-state index >= 15 is 0 Å². The Balaban J connectivity index is 1.57. The standard InChI is InChI=1S/C18H17F3N2O3S/c19-14-8-9-15(18(21)17(14)20)22-16(24)10-3-11-1-6-13(7-2-11)27(25,26)23-12-4-5-12/h1-2,6-9,12,23H,3-5,10H2,(H,22,24). The Hall–Kier alpha value is -2.39. The predicted octanol–water partition coefficient (Wildman–Crippen LogP) is 3.12. The van der Waals surface area contributed by atoms with Gasteiger partial charge in [0.25, 0.3) is 0 Å². The van der Waals surface area contributed by atoms with Crippen molar-refractivity contribution in [2.24, 2.45) is 0 Å². The quantitative estimate of drug-likeness (QED) is 0.704. The topological polar surface area (TPSA) is 75.3 Å². The minimum absolute atomic E-state index is 0.00932. The third-order valence-electron chi connectivity index (χ3n) is 4.08. The van der Waals surface area contributed by atoms with Crippen LogP contribution in [0.3, 0.4) is 0 Å². The third-order valence-corrected chi connectivity index (χ3v) is 5.62. The summed E-state index contributed by atoms with van der Waals surface area (Å²) >= 11 is 0. The molecule has 0 aliphatic heterocycles. The first-order chi connectivity index (χ1) is 12.8. The van der Waals surface area contributed by atoms with E-state index in [-0.39, 0.29) is 23.8 Å². The van der Waals surface area contributed by atoms with Gasteiger partial charge in [-0.15, -0.1) is 0 Å². The van der Waals surface area contributed by atoms with Gasteiger partial charge in [-0.25, -0.2) is 26.3 Å². The number of aryl methyl sites for hydroxylation is 1. The van der Waals surface area contributed by atoms with E-state index in [0.717, 1.165) is 25.0 Å². The molecule has 1 fully saturated rings. The summed E-state index contributed by atoms with van der Waals surface area (Å²) in [6.45, 7) is 0. The number of benzene rings is 2. The van der Waals surface area contributed by atoms with Crippen molar-refractivity contribution in [3.05, 3.63) is 59.4 Å². The number of hydrogen-bond acceptors (Lipinski definition) is 3. The molecule has 1 aliphatic carbocycles. The molecule has 0 saturated heterocycles. The highest BCUT2D eigenvalue weighted by Crippen LogP contribution is 2.23. The largest absolute Gasteiger partial charge is 0.323 e. The van der Waals surface area contributed by atoms with Crippen LogP contribution in [-0.2, 0) is 21.2 Å². The first-order valence-electron chi connectivity index (χ1n) is 8.31. The second-order valence-corrected chi connectivity index (χ2v) is 8.02. The number of amides is 1. The van der Waals surface area contributed by atoms with Crippen molar-refractivity contribution in [3.8, 4) is 0 Å². The summed E-state index contributed by atoms with van der Waals surface area (Å²) in [6, 6.07) is 7.76. The van der Waals surface area contributed by atoms with E-state index in [0.29, 0.717) is 5.56 Å². The van der Waals surface area contributed by atoms with Crippen LogP contribution >= 0.6 is 0 Å². The van der Waals surface area contributed by atoms with E-state index in [9.17, 15) is 26.4 Å². The molecule has 1 amide bonds. The molecule has 1 aliphatic rings. The molecule has 0 spiro atoms. The van der Waals surface area contributed by atoms with Gasteiger partial charge in [0.1, 0.15) is 0 Å². The van der Waals surface area contributed by atoms with Crippen molar-refractivity contribution in [1.82, 2.24) is 4.72 Å². The highest BCUT2D eigenvalue weighted by molar-refractivity contribution is 7.89. The third kappa shape index (κ3) is 4.86. The van der Waals surface area contributed by atoms with Crippen LogP contribution in [0.5, 0.6) is 0 Å². The summed E-state index contributed by atoms with van der Waals surface area (Å²) in [4.78, 5) is 12.0. The zero-order valence-corrected chi connectivity index (χ0v) is 15.0. The van der Waals surface area contributed by atoms with E-state index in [1.807, 2.05) is 0 Å². The first-order valence-corrected chi connectivity index (χ1v) is 9.79. The number of halogens is 3. The second-order valence-electron chi connectivity index (χ2n) is 6.31. The molecule has 0 heterocycles. The maximum absolute atomic E-state index is 13.5. The monoisotopic (exact) mass is 398 g/mol. The van der Waals surface area contributed by atoms with Gasteiger partial charge >= 0.3 is 0 Å². The summed E-state index contributed by atoms with van der Waals surface area (Å²) in [7, 11) is -3.54. The number of anilines is 1. The maximum Gasteiger partial charge on any atom is 0.240 e. The molecular formula is C18H17F3N2O3S. The van der Waals surface area contributed by atoms with Crippen molar-refractivity contribution < 1.29 is 26.4 Å². The van der Waals surface area contributed by atoms with Crippen molar-refractivity contribution in [3.63, 3.8) is 0 Å². The number of rotatable bonds is 7. The molecule has 144 valence electrons. The number of sulfonamides is 1. The molecular weight excluding hydrogens is 381 g/mol. The number of carbonyl (C=O) groups excluding carboxylic acids is 1. The van der Waals surface area contributed by atoms with E-state index in [4.69, 9.17) is 0 Å². The fourth-order valence-corrected chi connectivity index (χ4v) is 3.72. The predicted molar refractivity (Wildman–Crippen MR) is 93.1 cm³/mol. The van der Waals surface area contributed by atoms with Gasteiger partial charge in [0, 0.05) is 12.5 Å². The Morgan fingerprint density at radius 2 is 1.67 bits per heavy atom. The Morgan fingerprint density at radius 3 is 2.30 bits per heavy atom. The highest BCUT2D eigenvalue weighted by Gasteiger charge is 2.27. The Labute approximate surface area is 154 Å². The zero-order chi connectivity index (χ0) is 19.6. The minimum Gasteiger partial charge on any atom is -0.323 e. The molecule has 2 aromatic carbocycles. The van der Waals surface area contributed by atoms with Crippen LogP contribution in [0.4, 0.5) is 18.9 Å². The smallest absolute Gasteiger partial charge is 0.240 e. The molecule has 3 rings (SSSR count). The molecule has 0 radical (unpaired) electrons. The summed E-state index contributed by atoms with van der Waals surface area (Å²) in [5, 5.41) is 2.19. The zero-order valence-electron chi connectivity index (χ0n) is 14.1. The van der Waals surface area contributed by atoms with Crippen LogP contribution in [0.2, 0.25) is 0 Å². The second kappa shape index (κ2) is 7.69. The average molecular weight is 398 g/mol. The number of carbonyl (C=O) groups is 1. The van der Waals surface area contributed by atoms with Crippen LogP contribution in [0.15, 0.2) is 41.3 Å². The molecule has 9 heteroatoms. The fraction of sp³-hybridized carbons (Fsp3) is 0.278. The van der Waals surface area contributed by atoms with E-state index in [2.05, 4.69) is 10.0 Å². The number of hydrogen-bond donors (Lipinski definition) is 2. The van der Waals surface area contributed by atoms with Crippen molar-refractivity contribution >= 4 is 21.6 Å². The van der Waals surface area contributed by atoms with Gasteiger partial charge in [-0.05, 0) is 49.1 Å². The van der Waals surface area contributed by atoms with Crippen LogP contribution < -0.4 is 10.0 Å². The summed E-state index contributed by atoms with van der Waals surface area (Å²) < 4.78 is 66.3. The fourth-order valence-electron chi connectivity index (χ4n) is 2.42. The SMILES string of the molecule is O=C(CCc1ccc(S(=O)(=O)NC2CC2)cc1)Nc1ccc(F)c(F)c1F. The molecule has 0 unspecified atom stereocenters. The number of nitrogens with one attached hydrogen (secondary N) is 2. The molecule has 5 nitrogen and oxygen atoms in total. The van der Waals surface area contributed by atoms with Gasteiger partial charge in [-0.1, -0.05) is 12.1 Å². The van der Waals surface area contributed by atoms with Gasteiger partial charge in [0.15, 0.2) is 17.5 Å². The van der Waals surface area contributed by atoms with Gasteiger partial charge in [0.05, 0.1) is 10.6 Å². The molecule has 0 atom stereocenters. The van der Waals surface area contributed by atoms with E-state index in [1.165, 1.54) is 12.1 Å². The van der Waals surface area contributed by atoms with Crippen molar-refractivity contribution in [2.75, 3.05) is 5.32 Å². The molecule has 0 bridgehead atoms. The maximum atomic E-state index is 13.5. The van der Waals surface area contributed by atoms with Gasteiger partial charge in [-0.3, -0.25) is 4.79 Å². The van der Waals surface area contributed by atoms with Crippen LogP contribution in [0.25, 0.3) is 0 Å². The summed E-state index contributed by atoms with van der Waals surface area (Å²) in [5.41, 5.74) is 0.271. The lowest BCUT2D eigenvalue weighted by molar-refractivity contribution is -0.116. The lowest BCUT2D eigenvalue weighted by atomic mass is 10.1. The van der Waals surface area contributed by atoms with Crippen LogP contribution in [0, 0.1) is 17.5 Å². The summed E-state index contributed by atoms with van der Waals surface area (Å²) in [5.74, 6) is -5.02. The lowest BCUT2D eigenvalue weighted by Crippen LogP contribution is -2.25. The Kier molecular flexibility index (Phi) is 5.52. The minimum atomic E-state index is -3.54. The Bertz CT molecular complexity index is 959. The molecule has 2 N–H and O–H groups in total. The molecule has 1 saturated carbocycles. The van der Waals surface area contributed by atoms with Crippen LogP contribution in [-0.4, -0.2) is 20.4 Å². The van der Waals surface area contributed by atoms with Crippen molar-refractivity contribution in [2.45, 2.75) is 36.6 Å². The molecule has 0 aromatic heterocycles. The van der Waals surface area contributed by atoms with Crippen molar-refractivity contribution in [1.29, 1.82) is 0 Å².